The van der Waals surface area contributed by atoms with E-state index < -0.39 is 5.82 Å². The number of hydrogen-bond donors (Lipinski definition) is 0. The highest BCUT2D eigenvalue weighted by molar-refractivity contribution is 9.10. The summed E-state index contributed by atoms with van der Waals surface area (Å²) < 4.78 is 20.6. The summed E-state index contributed by atoms with van der Waals surface area (Å²) in [6.07, 6.45) is 0.897. The van der Waals surface area contributed by atoms with Crippen molar-refractivity contribution >= 4 is 38.4 Å². The molecule has 0 atom stereocenters. The smallest absolute Gasteiger partial charge is 0.261 e. The third-order valence-electron chi connectivity index (χ3n) is 4.61. The molecule has 1 saturated heterocycles. The second-order valence-corrected chi connectivity index (χ2v) is 7.31. The van der Waals surface area contributed by atoms with Crippen LogP contribution in [0.2, 0.25) is 0 Å². The Hall–Kier alpha value is -2.35. The molecule has 3 heterocycles. The number of carbonyl (C=O) groups is 1. The second-order valence-electron chi connectivity index (χ2n) is 6.39. The molecule has 0 amide bonds. The van der Waals surface area contributed by atoms with Crippen LogP contribution in [0, 0.1) is 19.7 Å². The minimum absolute atomic E-state index is 0.226. The van der Waals surface area contributed by atoms with Gasteiger partial charge in [-0.05, 0) is 31.5 Å². The van der Waals surface area contributed by atoms with Gasteiger partial charge in [0.1, 0.15) is 17.1 Å². The standard InChI is InChI=1S/C18H16BrFN4O2/c1-9-13-7-11(19)8-14(20)16(13)22-17(24-5-3-12(25)4-6-24)15(9)18-21-10(2)23-26-18/h7-8H,3-6H2,1-2H3. The van der Waals surface area contributed by atoms with E-state index in [1.807, 2.05) is 17.9 Å². The predicted octanol–water partition coefficient (Wildman–Crippen LogP) is 3.97. The fourth-order valence-corrected chi connectivity index (χ4v) is 3.71. The van der Waals surface area contributed by atoms with E-state index in [-0.39, 0.29) is 11.3 Å². The summed E-state index contributed by atoms with van der Waals surface area (Å²) in [5.41, 5.74) is 1.79. The maximum Gasteiger partial charge on any atom is 0.261 e. The molecule has 134 valence electrons. The summed E-state index contributed by atoms with van der Waals surface area (Å²) in [4.78, 5) is 22.6. The molecule has 0 N–H and O–H groups in total. The van der Waals surface area contributed by atoms with Crippen LogP contribution in [-0.2, 0) is 4.79 Å². The van der Waals surface area contributed by atoms with E-state index in [0.29, 0.717) is 58.9 Å². The first-order valence-electron chi connectivity index (χ1n) is 8.30. The molecular formula is C18H16BrFN4O2. The van der Waals surface area contributed by atoms with E-state index in [1.54, 1.807) is 6.92 Å². The maximum atomic E-state index is 14.6. The molecule has 6 nitrogen and oxygen atoms in total. The number of carbonyl (C=O) groups excluding carboxylic acids is 1. The second kappa shape index (κ2) is 6.42. The quantitative estimate of drug-likeness (QED) is 0.626. The van der Waals surface area contributed by atoms with Gasteiger partial charge in [-0.1, -0.05) is 21.1 Å². The molecule has 2 aromatic heterocycles. The van der Waals surface area contributed by atoms with E-state index in [0.717, 1.165) is 5.56 Å². The fourth-order valence-electron chi connectivity index (χ4n) is 3.28. The molecule has 4 rings (SSSR count). The number of pyridine rings is 1. The highest BCUT2D eigenvalue weighted by atomic mass is 79.9. The van der Waals surface area contributed by atoms with Crippen molar-refractivity contribution < 1.29 is 13.7 Å². The Labute approximate surface area is 157 Å². The number of rotatable bonds is 2. The Morgan fingerprint density at radius 1 is 1.19 bits per heavy atom. The number of aryl methyl sites for hydroxylation is 2. The summed E-state index contributed by atoms with van der Waals surface area (Å²) >= 11 is 3.34. The van der Waals surface area contributed by atoms with E-state index in [4.69, 9.17) is 4.52 Å². The highest BCUT2D eigenvalue weighted by Crippen LogP contribution is 2.38. The first kappa shape index (κ1) is 17.1. The lowest BCUT2D eigenvalue weighted by Gasteiger charge is -2.29. The molecule has 0 saturated carbocycles. The average molecular weight is 419 g/mol. The van der Waals surface area contributed by atoms with Crippen LogP contribution < -0.4 is 4.90 Å². The van der Waals surface area contributed by atoms with Crippen molar-refractivity contribution in [1.29, 1.82) is 0 Å². The molecular weight excluding hydrogens is 403 g/mol. The lowest BCUT2D eigenvalue weighted by Crippen LogP contribution is -2.34. The van der Waals surface area contributed by atoms with Crippen molar-refractivity contribution in [3.05, 3.63) is 33.8 Å². The minimum atomic E-state index is -0.403. The zero-order chi connectivity index (χ0) is 18.4. The number of fused-ring (bicyclic) bond motifs is 1. The number of Topliss-reactive ketones (excluding diaryl/α,β-unsaturated/α-hetero) is 1. The summed E-state index contributed by atoms with van der Waals surface area (Å²) in [7, 11) is 0. The largest absolute Gasteiger partial charge is 0.355 e. The summed E-state index contributed by atoms with van der Waals surface area (Å²) in [5.74, 6) is 1.26. The van der Waals surface area contributed by atoms with E-state index in [9.17, 15) is 9.18 Å². The van der Waals surface area contributed by atoms with Crippen LogP contribution in [0.25, 0.3) is 22.4 Å². The van der Waals surface area contributed by atoms with E-state index in [2.05, 4.69) is 31.1 Å². The lowest BCUT2D eigenvalue weighted by atomic mass is 10.0. The van der Waals surface area contributed by atoms with E-state index >= 15 is 0 Å². The minimum Gasteiger partial charge on any atom is -0.355 e. The van der Waals surface area contributed by atoms with Gasteiger partial charge in [-0.15, -0.1) is 0 Å². The Bertz CT molecular complexity index is 1020. The number of ketones is 1. The van der Waals surface area contributed by atoms with Gasteiger partial charge in [-0.25, -0.2) is 9.37 Å². The summed E-state index contributed by atoms with van der Waals surface area (Å²) in [5, 5.41) is 4.56. The van der Waals surface area contributed by atoms with Crippen LogP contribution in [0.4, 0.5) is 10.2 Å². The van der Waals surface area contributed by atoms with Gasteiger partial charge in [-0.2, -0.15) is 4.98 Å². The monoisotopic (exact) mass is 418 g/mol. The fraction of sp³-hybridized carbons (Fsp3) is 0.333. The van der Waals surface area contributed by atoms with Gasteiger partial charge in [0, 0.05) is 35.8 Å². The number of piperidine rings is 1. The van der Waals surface area contributed by atoms with Crippen LogP contribution >= 0.6 is 15.9 Å². The number of anilines is 1. The summed E-state index contributed by atoms with van der Waals surface area (Å²) in [6, 6.07) is 3.23. The lowest BCUT2D eigenvalue weighted by molar-refractivity contribution is -0.119. The zero-order valence-electron chi connectivity index (χ0n) is 14.3. The Morgan fingerprint density at radius 2 is 1.92 bits per heavy atom. The number of nitrogens with zero attached hydrogens (tertiary/aromatic N) is 4. The highest BCUT2D eigenvalue weighted by Gasteiger charge is 2.26. The Balaban J connectivity index is 1.99. The van der Waals surface area contributed by atoms with Crippen molar-refractivity contribution in [2.24, 2.45) is 0 Å². The van der Waals surface area contributed by atoms with Gasteiger partial charge < -0.3 is 9.42 Å². The third-order valence-corrected chi connectivity index (χ3v) is 5.07. The number of benzene rings is 1. The van der Waals surface area contributed by atoms with Crippen molar-refractivity contribution in [1.82, 2.24) is 15.1 Å². The predicted molar refractivity (Wildman–Crippen MR) is 98.6 cm³/mol. The zero-order valence-corrected chi connectivity index (χ0v) is 15.9. The van der Waals surface area contributed by atoms with Crippen LogP contribution in [0.5, 0.6) is 0 Å². The first-order chi connectivity index (χ1) is 12.4. The van der Waals surface area contributed by atoms with Gasteiger partial charge in [0.15, 0.2) is 11.6 Å². The Kier molecular flexibility index (Phi) is 4.22. The molecule has 8 heteroatoms. The van der Waals surface area contributed by atoms with Gasteiger partial charge >= 0.3 is 0 Å². The van der Waals surface area contributed by atoms with E-state index in [1.165, 1.54) is 6.07 Å². The molecule has 0 aliphatic carbocycles. The first-order valence-corrected chi connectivity index (χ1v) is 9.10. The average Bonchev–Trinajstić information content (AvgIpc) is 3.02. The summed E-state index contributed by atoms with van der Waals surface area (Å²) in [6.45, 7) is 4.71. The molecule has 1 aliphatic heterocycles. The van der Waals surface area contributed by atoms with Crippen LogP contribution in [0.15, 0.2) is 21.1 Å². The van der Waals surface area contributed by atoms with Gasteiger partial charge in [0.25, 0.3) is 5.89 Å². The van der Waals surface area contributed by atoms with Crippen LogP contribution in [-0.4, -0.2) is 34.0 Å². The number of aromatic nitrogens is 3. The normalized spacial score (nSPS) is 15.1. The molecule has 0 spiro atoms. The van der Waals surface area contributed by atoms with Crippen molar-refractivity contribution in [3.63, 3.8) is 0 Å². The maximum absolute atomic E-state index is 14.6. The van der Waals surface area contributed by atoms with Crippen LogP contribution in [0.1, 0.15) is 24.2 Å². The molecule has 1 aromatic carbocycles. The van der Waals surface area contributed by atoms with Crippen LogP contribution in [0.3, 0.4) is 0 Å². The number of hydrogen-bond acceptors (Lipinski definition) is 6. The number of halogens is 2. The Morgan fingerprint density at radius 3 is 2.58 bits per heavy atom. The molecule has 0 unspecified atom stereocenters. The van der Waals surface area contributed by atoms with Crippen molar-refractivity contribution in [2.45, 2.75) is 26.7 Å². The van der Waals surface area contributed by atoms with Crippen molar-refractivity contribution in [3.8, 4) is 11.5 Å². The van der Waals surface area contributed by atoms with Gasteiger partial charge in [-0.3, -0.25) is 4.79 Å². The SMILES string of the molecule is Cc1noc(-c2c(N3CCC(=O)CC3)nc3c(F)cc(Br)cc3c2C)n1. The van der Waals surface area contributed by atoms with Crippen molar-refractivity contribution in [2.75, 3.05) is 18.0 Å². The topological polar surface area (TPSA) is 72.1 Å². The molecule has 0 bridgehead atoms. The van der Waals surface area contributed by atoms with Gasteiger partial charge in [0.05, 0.1) is 5.56 Å². The molecule has 3 aromatic rings. The molecule has 0 radical (unpaired) electrons. The third kappa shape index (κ3) is 2.88. The molecule has 26 heavy (non-hydrogen) atoms. The molecule has 1 aliphatic rings. The molecule has 1 fully saturated rings. The van der Waals surface area contributed by atoms with Gasteiger partial charge in [0.2, 0.25) is 0 Å².